The Bertz CT molecular complexity index is 1040. The van der Waals surface area contributed by atoms with Gasteiger partial charge in [-0.25, -0.2) is 4.39 Å². The van der Waals surface area contributed by atoms with Gasteiger partial charge in [-0.1, -0.05) is 32.1 Å². The summed E-state index contributed by atoms with van der Waals surface area (Å²) in [6.07, 6.45) is 3.48. The third kappa shape index (κ3) is 4.46. The minimum Gasteiger partial charge on any atom is -0.495 e. The number of aliphatic hydroxyl groups is 1. The van der Waals surface area contributed by atoms with Crippen LogP contribution in [0.1, 0.15) is 35.5 Å². The van der Waals surface area contributed by atoms with E-state index in [0.29, 0.717) is 33.5 Å². The molecular weight excluding hydrogens is 373 g/mol. The molecule has 0 aliphatic rings. The van der Waals surface area contributed by atoms with Crippen molar-refractivity contribution in [2.45, 2.75) is 19.9 Å². The van der Waals surface area contributed by atoms with Gasteiger partial charge in [-0.2, -0.15) is 5.10 Å². The van der Waals surface area contributed by atoms with Crippen molar-refractivity contribution in [1.82, 2.24) is 15.5 Å². The fourth-order valence-corrected chi connectivity index (χ4v) is 3.07. The Morgan fingerprint density at radius 3 is 2.76 bits per heavy atom. The average molecular weight is 397 g/mol. The van der Waals surface area contributed by atoms with Gasteiger partial charge in [-0.3, -0.25) is 9.89 Å². The monoisotopic (exact) mass is 397 g/mol. The molecule has 1 heterocycles. The number of amides is 1. The molecule has 1 aromatic heterocycles. The highest BCUT2D eigenvalue weighted by atomic mass is 19.1. The summed E-state index contributed by atoms with van der Waals surface area (Å²) in [6, 6.07) is 9.26. The highest BCUT2D eigenvalue weighted by Crippen LogP contribution is 2.32. The van der Waals surface area contributed by atoms with Crippen LogP contribution in [-0.4, -0.2) is 41.0 Å². The lowest BCUT2D eigenvalue weighted by molar-refractivity contribution is 0.0894. The molecule has 0 saturated carbocycles. The quantitative estimate of drug-likeness (QED) is 0.568. The van der Waals surface area contributed by atoms with Gasteiger partial charge >= 0.3 is 0 Å². The molecule has 2 aromatic carbocycles. The zero-order valence-corrected chi connectivity index (χ0v) is 16.6. The van der Waals surface area contributed by atoms with Crippen LogP contribution >= 0.6 is 0 Å². The molecule has 0 saturated heterocycles. The van der Waals surface area contributed by atoms with Gasteiger partial charge < -0.3 is 15.2 Å². The molecule has 0 aliphatic heterocycles. The number of aromatic nitrogens is 2. The first kappa shape index (κ1) is 20.5. The van der Waals surface area contributed by atoms with Crippen LogP contribution in [0.5, 0.6) is 5.75 Å². The molecule has 1 atom stereocenters. The number of aliphatic hydroxyl groups excluding tert-OH is 1. The van der Waals surface area contributed by atoms with Crippen LogP contribution in [0.25, 0.3) is 23.1 Å². The molecule has 0 radical (unpaired) electrons. The Labute approximate surface area is 168 Å². The predicted molar refractivity (Wildman–Crippen MR) is 111 cm³/mol. The topological polar surface area (TPSA) is 87.2 Å². The van der Waals surface area contributed by atoms with Crippen molar-refractivity contribution in [2.75, 3.05) is 13.7 Å². The maximum absolute atomic E-state index is 13.4. The van der Waals surface area contributed by atoms with E-state index in [4.69, 9.17) is 4.74 Å². The number of methoxy groups -OCH3 is 1. The number of fused-ring (bicyclic) bond motifs is 1. The van der Waals surface area contributed by atoms with Gasteiger partial charge in [0.2, 0.25) is 0 Å². The van der Waals surface area contributed by atoms with Gasteiger partial charge in [0.1, 0.15) is 11.6 Å². The molecule has 0 bridgehead atoms. The van der Waals surface area contributed by atoms with Crippen molar-refractivity contribution in [3.8, 4) is 5.75 Å². The summed E-state index contributed by atoms with van der Waals surface area (Å²) in [6.45, 7) is 3.70. The number of halogens is 1. The zero-order chi connectivity index (χ0) is 21.0. The number of nitrogens with one attached hydrogen (secondary N) is 2. The standard InChI is InChI=1S/C22H24FN3O3/c1-13(2)19(12-27)24-22(28)16-8-10-18-20(21(16)29-3)17(25-26-18)9-7-14-5-4-6-15(23)11-14/h4-11,13,19,27H,12H2,1-3H3,(H,24,28)(H,25,26)/b9-7+/t19-/m1/s1. The maximum atomic E-state index is 13.4. The Morgan fingerprint density at radius 2 is 2.10 bits per heavy atom. The Hall–Kier alpha value is -3.19. The summed E-state index contributed by atoms with van der Waals surface area (Å²) < 4.78 is 18.9. The number of hydrogen-bond donors (Lipinski definition) is 3. The first-order chi connectivity index (χ1) is 13.9. The summed E-state index contributed by atoms with van der Waals surface area (Å²) in [4.78, 5) is 12.8. The van der Waals surface area contributed by atoms with Crippen LogP contribution in [0.2, 0.25) is 0 Å². The molecule has 7 heteroatoms. The molecule has 1 amide bonds. The molecule has 6 nitrogen and oxygen atoms in total. The van der Waals surface area contributed by atoms with Gasteiger partial charge in [0, 0.05) is 0 Å². The summed E-state index contributed by atoms with van der Waals surface area (Å²) in [5.41, 5.74) is 2.32. The molecule has 152 valence electrons. The number of H-pyrrole nitrogens is 1. The summed E-state index contributed by atoms with van der Waals surface area (Å²) in [5, 5.41) is 20.2. The van der Waals surface area contributed by atoms with E-state index in [1.807, 2.05) is 13.8 Å². The summed E-state index contributed by atoms with van der Waals surface area (Å²) >= 11 is 0. The van der Waals surface area contributed by atoms with Gasteiger partial charge in [0.25, 0.3) is 5.91 Å². The Balaban J connectivity index is 2.00. The highest BCUT2D eigenvalue weighted by molar-refractivity contribution is 6.05. The Kier molecular flexibility index (Phi) is 6.29. The fourth-order valence-electron chi connectivity index (χ4n) is 3.07. The van der Waals surface area contributed by atoms with Gasteiger partial charge in [0.05, 0.1) is 41.9 Å². The van der Waals surface area contributed by atoms with E-state index in [9.17, 15) is 14.3 Å². The van der Waals surface area contributed by atoms with Crippen molar-refractivity contribution >= 4 is 29.0 Å². The molecule has 3 N–H and O–H groups in total. The van der Waals surface area contributed by atoms with E-state index in [2.05, 4.69) is 15.5 Å². The zero-order valence-electron chi connectivity index (χ0n) is 16.6. The van der Waals surface area contributed by atoms with Gasteiger partial charge in [0.15, 0.2) is 0 Å². The van der Waals surface area contributed by atoms with E-state index >= 15 is 0 Å². The van der Waals surface area contributed by atoms with E-state index in [1.54, 1.807) is 36.4 Å². The molecule has 3 aromatic rings. The number of nitrogens with zero attached hydrogens (tertiary/aromatic N) is 1. The first-order valence-corrected chi connectivity index (χ1v) is 9.35. The van der Waals surface area contributed by atoms with Gasteiger partial charge in [-0.05, 0) is 41.8 Å². The van der Waals surface area contributed by atoms with Crippen molar-refractivity contribution in [3.63, 3.8) is 0 Å². The van der Waals surface area contributed by atoms with Crippen molar-refractivity contribution < 1.29 is 19.0 Å². The molecule has 0 spiro atoms. The number of hydrogen-bond acceptors (Lipinski definition) is 4. The van der Waals surface area contributed by atoms with E-state index in [-0.39, 0.29) is 30.3 Å². The summed E-state index contributed by atoms with van der Waals surface area (Å²) in [7, 11) is 1.49. The number of rotatable bonds is 7. The minimum atomic E-state index is -0.361. The number of carbonyl (C=O) groups is 1. The maximum Gasteiger partial charge on any atom is 0.255 e. The molecule has 0 unspecified atom stereocenters. The van der Waals surface area contributed by atoms with E-state index < -0.39 is 0 Å². The molecule has 29 heavy (non-hydrogen) atoms. The van der Waals surface area contributed by atoms with Crippen LogP contribution in [0, 0.1) is 11.7 Å². The lowest BCUT2D eigenvalue weighted by Crippen LogP contribution is -2.41. The summed E-state index contributed by atoms with van der Waals surface area (Å²) in [5.74, 6) is -0.192. The molecule has 3 rings (SSSR count). The third-order valence-electron chi connectivity index (χ3n) is 4.76. The van der Waals surface area contributed by atoms with Crippen LogP contribution in [0.15, 0.2) is 36.4 Å². The highest BCUT2D eigenvalue weighted by Gasteiger charge is 2.22. The van der Waals surface area contributed by atoms with Crippen LogP contribution < -0.4 is 10.1 Å². The molecule has 0 aliphatic carbocycles. The average Bonchev–Trinajstić information content (AvgIpc) is 3.12. The number of carbonyl (C=O) groups excluding carboxylic acids is 1. The van der Waals surface area contributed by atoms with Crippen molar-refractivity contribution in [2.24, 2.45) is 5.92 Å². The molecular formula is C22H24FN3O3. The van der Waals surface area contributed by atoms with Crippen LogP contribution in [0.4, 0.5) is 4.39 Å². The normalized spacial score (nSPS) is 12.6. The van der Waals surface area contributed by atoms with Gasteiger partial charge in [-0.15, -0.1) is 0 Å². The van der Waals surface area contributed by atoms with E-state index in [0.717, 1.165) is 0 Å². The lowest BCUT2D eigenvalue weighted by atomic mass is 10.0. The molecule has 0 fully saturated rings. The van der Waals surface area contributed by atoms with Crippen LogP contribution in [-0.2, 0) is 0 Å². The Morgan fingerprint density at radius 1 is 1.31 bits per heavy atom. The van der Waals surface area contributed by atoms with Crippen molar-refractivity contribution in [3.05, 3.63) is 59.0 Å². The largest absolute Gasteiger partial charge is 0.495 e. The minimum absolute atomic E-state index is 0.0809. The van der Waals surface area contributed by atoms with Crippen LogP contribution in [0.3, 0.4) is 0 Å². The van der Waals surface area contributed by atoms with Crippen molar-refractivity contribution in [1.29, 1.82) is 0 Å². The fraction of sp³-hybridized carbons (Fsp3) is 0.273. The third-order valence-corrected chi connectivity index (χ3v) is 4.76. The number of aromatic amines is 1. The van der Waals surface area contributed by atoms with E-state index in [1.165, 1.54) is 19.2 Å². The second-order valence-electron chi connectivity index (χ2n) is 7.07. The second kappa shape index (κ2) is 8.87. The number of benzene rings is 2. The first-order valence-electron chi connectivity index (χ1n) is 9.35. The second-order valence-corrected chi connectivity index (χ2v) is 7.07. The number of ether oxygens (including phenoxy) is 1. The SMILES string of the molecule is COc1c(C(=O)N[C@H](CO)C(C)C)ccc2[nH]nc(/C=C/c3cccc(F)c3)c12. The predicted octanol–water partition coefficient (Wildman–Crippen LogP) is 3.63. The lowest BCUT2D eigenvalue weighted by Gasteiger charge is -2.20. The smallest absolute Gasteiger partial charge is 0.255 e.